The summed E-state index contributed by atoms with van der Waals surface area (Å²) in [7, 11) is 0. The Morgan fingerprint density at radius 3 is 2.78 bits per heavy atom. The molecule has 1 rings (SSSR count). The van der Waals surface area contributed by atoms with Crippen LogP contribution in [0.3, 0.4) is 0 Å². The van der Waals surface area contributed by atoms with Gasteiger partial charge in [-0.25, -0.2) is 4.39 Å². The summed E-state index contributed by atoms with van der Waals surface area (Å²) in [5.41, 5.74) is 0.521. The van der Waals surface area contributed by atoms with Gasteiger partial charge >= 0.3 is 0 Å². The van der Waals surface area contributed by atoms with E-state index in [1.807, 2.05) is 0 Å². The highest BCUT2D eigenvalue weighted by Crippen LogP contribution is 2.16. The fraction of sp³-hybridized carbons (Fsp3) is 0.467. The Labute approximate surface area is 108 Å². The van der Waals surface area contributed by atoms with Crippen molar-refractivity contribution in [3.8, 4) is 17.6 Å². The molecule has 0 saturated carbocycles. The molecule has 1 aromatic carbocycles. The Bertz CT molecular complexity index is 418. The summed E-state index contributed by atoms with van der Waals surface area (Å²) < 4.78 is 18.8. The van der Waals surface area contributed by atoms with Crippen LogP contribution in [-0.2, 0) is 0 Å². The number of aliphatic hydroxyl groups is 1. The molecule has 2 nitrogen and oxygen atoms in total. The molecule has 0 aliphatic carbocycles. The molecule has 0 spiro atoms. The topological polar surface area (TPSA) is 29.5 Å². The molecule has 0 aromatic heterocycles. The first-order valence-electron chi connectivity index (χ1n) is 6.29. The van der Waals surface area contributed by atoms with Crippen molar-refractivity contribution in [2.24, 2.45) is 0 Å². The summed E-state index contributed by atoms with van der Waals surface area (Å²) in [6.07, 6.45) is 4.48. The number of ether oxygens (including phenoxy) is 1. The number of hydrogen-bond acceptors (Lipinski definition) is 2. The van der Waals surface area contributed by atoms with Gasteiger partial charge in [0.1, 0.15) is 18.2 Å². The van der Waals surface area contributed by atoms with Crippen LogP contribution in [0.15, 0.2) is 18.2 Å². The monoisotopic (exact) mass is 250 g/mol. The molecule has 1 aromatic rings. The summed E-state index contributed by atoms with van der Waals surface area (Å²) in [4.78, 5) is 0. The first-order valence-corrected chi connectivity index (χ1v) is 6.29. The predicted molar refractivity (Wildman–Crippen MR) is 70.0 cm³/mol. The normalized spacial score (nSPS) is 9.72. The first kappa shape index (κ1) is 14.5. The number of benzene rings is 1. The van der Waals surface area contributed by atoms with E-state index in [2.05, 4.69) is 18.8 Å². The van der Waals surface area contributed by atoms with Crippen LogP contribution < -0.4 is 4.74 Å². The van der Waals surface area contributed by atoms with E-state index >= 15 is 0 Å². The smallest absolute Gasteiger partial charge is 0.128 e. The Balaban J connectivity index is 2.52. The lowest BCUT2D eigenvalue weighted by Crippen LogP contribution is -1.98. The minimum Gasteiger partial charge on any atom is -0.493 e. The van der Waals surface area contributed by atoms with E-state index < -0.39 is 0 Å². The zero-order valence-corrected chi connectivity index (χ0v) is 10.7. The van der Waals surface area contributed by atoms with Gasteiger partial charge in [-0.15, -0.1) is 0 Å². The zero-order chi connectivity index (χ0) is 13.2. The van der Waals surface area contributed by atoms with Gasteiger partial charge in [-0.3, -0.25) is 0 Å². The third-order valence-electron chi connectivity index (χ3n) is 2.45. The predicted octanol–water partition coefficient (Wildman–Crippen LogP) is 3.13. The second-order valence-electron chi connectivity index (χ2n) is 4.04. The highest BCUT2D eigenvalue weighted by molar-refractivity contribution is 5.40. The minimum atomic E-state index is -0.372. The van der Waals surface area contributed by atoms with Crippen LogP contribution in [0.25, 0.3) is 0 Å². The summed E-state index contributed by atoms with van der Waals surface area (Å²) in [5.74, 6) is 5.27. The molecule has 1 N–H and O–H groups in total. The van der Waals surface area contributed by atoms with Crippen molar-refractivity contribution in [3.05, 3.63) is 29.6 Å². The Morgan fingerprint density at radius 2 is 2.06 bits per heavy atom. The second-order valence-corrected chi connectivity index (χ2v) is 4.04. The SMILES string of the molecule is CCCCCCOc1cc(F)cc(C#CCO)c1. The Kier molecular flexibility index (Phi) is 6.90. The zero-order valence-electron chi connectivity index (χ0n) is 10.7. The average molecular weight is 250 g/mol. The molecular weight excluding hydrogens is 231 g/mol. The number of aliphatic hydroxyl groups excluding tert-OH is 1. The molecule has 0 unspecified atom stereocenters. The van der Waals surface area contributed by atoms with Crippen molar-refractivity contribution in [3.63, 3.8) is 0 Å². The molecule has 0 amide bonds. The van der Waals surface area contributed by atoms with Crippen LogP contribution in [0.4, 0.5) is 4.39 Å². The number of rotatable bonds is 6. The van der Waals surface area contributed by atoms with E-state index in [9.17, 15) is 4.39 Å². The Morgan fingerprint density at radius 1 is 1.22 bits per heavy atom. The van der Waals surface area contributed by atoms with Crippen LogP contribution in [-0.4, -0.2) is 18.3 Å². The van der Waals surface area contributed by atoms with Crippen molar-refractivity contribution in [2.45, 2.75) is 32.6 Å². The molecule has 0 aliphatic heterocycles. The van der Waals surface area contributed by atoms with Crippen LogP contribution in [0.2, 0.25) is 0 Å². The van der Waals surface area contributed by atoms with E-state index in [1.165, 1.54) is 25.0 Å². The highest BCUT2D eigenvalue weighted by Gasteiger charge is 2.00. The van der Waals surface area contributed by atoms with E-state index in [-0.39, 0.29) is 12.4 Å². The van der Waals surface area contributed by atoms with Gasteiger partial charge in [0.2, 0.25) is 0 Å². The highest BCUT2D eigenvalue weighted by atomic mass is 19.1. The molecular formula is C15H19FO2. The van der Waals surface area contributed by atoms with E-state index in [0.717, 1.165) is 12.8 Å². The van der Waals surface area contributed by atoms with Gasteiger partial charge in [0.15, 0.2) is 0 Å². The van der Waals surface area contributed by atoms with Gasteiger partial charge in [0.05, 0.1) is 6.61 Å². The van der Waals surface area contributed by atoms with Gasteiger partial charge < -0.3 is 9.84 Å². The molecule has 98 valence electrons. The molecule has 18 heavy (non-hydrogen) atoms. The molecule has 3 heteroatoms. The lowest BCUT2D eigenvalue weighted by molar-refractivity contribution is 0.303. The second kappa shape index (κ2) is 8.54. The fourth-order valence-corrected chi connectivity index (χ4v) is 1.58. The third kappa shape index (κ3) is 5.70. The lowest BCUT2D eigenvalue weighted by atomic mass is 10.2. The van der Waals surface area contributed by atoms with Gasteiger partial charge in [0.25, 0.3) is 0 Å². The summed E-state index contributed by atoms with van der Waals surface area (Å²) in [5, 5.41) is 8.59. The first-order chi connectivity index (χ1) is 8.76. The average Bonchev–Trinajstić information content (AvgIpc) is 2.35. The van der Waals surface area contributed by atoms with E-state index in [4.69, 9.17) is 9.84 Å². The summed E-state index contributed by atoms with van der Waals surface area (Å²) in [6.45, 7) is 2.51. The van der Waals surface area contributed by atoms with Crippen molar-refractivity contribution in [2.75, 3.05) is 13.2 Å². The molecule has 0 bridgehead atoms. The van der Waals surface area contributed by atoms with Gasteiger partial charge in [-0.05, 0) is 18.6 Å². The number of halogens is 1. The molecule has 0 atom stereocenters. The maximum atomic E-state index is 13.3. The maximum absolute atomic E-state index is 13.3. The van der Waals surface area contributed by atoms with Crippen molar-refractivity contribution >= 4 is 0 Å². The van der Waals surface area contributed by atoms with E-state index in [1.54, 1.807) is 6.07 Å². The summed E-state index contributed by atoms with van der Waals surface area (Å²) >= 11 is 0. The molecule has 0 heterocycles. The third-order valence-corrected chi connectivity index (χ3v) is 2.45. The number of unbranched alkanes of at least 4 members (excludes halogenated alkanes) is 3. The van der Waals surface area contributed by atoms with Crippen LogP contribution in [0, 0.1) is 17.7 Å². The maximum Gasteiger partial charge on any atom is 0.128 e. The van der Waals surface area contributed by atoms with Crippen molar-refractivity contribution in [1.29, 1.82) is 0 Å². The Hall–Kier alpha value is -1.53. The molecule has 0 fully saturated rings. The van der Waals surface area contributed by atoms with Crippen molar-refractivity contribution < 1.29 is 14.2 Å². The van der Waals surface area contributed by atoms with Gasteiger partial charge in [-0.2, -0.15) is 0 Å². The summed E-state index contributed by atoms with van der Waals surface area (Å²) in [6, 6.07) is 4.36. The standard InChI is InChI=1S/C15H19FO2/c1-2-3-4-5-9-18-15-11-13(7-6-8-17)10-14(16)12-15/h10-12,17H,2-5,8-9H2,1H3. The van der Waals surface area contributed by atoms with Crippen molar-refractivity contribution in [1.82, 2.24) is 0 Å². The van der Waals surface area contributed by atoms with E-state index in [0.29, 0.717) is 17.9 Å². The fourth-order valence-electron chi connectivity index (χ4n) is 1.58. The number of hydrogen-bond donors (Lipinski definition) is 1. The van der Waals surface area contributed by atoms with Crippen LogP contribution in [0.5, 0.6) is 5.75 Å². The minimum absolute atomic E-state index is 0.232. The lowest BCUT2D eigenvalue weighted by Gasteiger charge is -2.06. The molecule has 0 radical (unpaired) electrons. The van der Waals surface area contributed by atoms with Gasteiger partial charge in [0, 0.05) is 11.6 Å². The largest absolute Gasteiger partial charge is 0.493 e. The molecule has 0 aliphatic rings. The molecule has 0 saturated heterocycles. The van der Waals surface area contributed by atoms with Crippen LogP contribution in [0.1, 0.15) is 38.2 Å². The van der Waals surface area contributed by atoms with Crippen LogP contribution >= 0.6 is 0 Å². The quantitative estimate of drug-likeness (QED) is 0.621. The van der Waals surface area contributed by atoms with Gasteiger partial charge in [-0.1, -0.05) is 38.0 Å².